The third-order valence-electron chi connectivity index (χ3n) is 6.14. The van der Waals surface area contributed by atoms with Crippen molar-refractivity contribution in [2.45, 2.75) is 50.7 Å². The van der Waals surface area contributed by atoms with Crippen molar-refractivity contribution >= 4 is 5.91 Å². The highest BCUT2D eigenvalue weighted by atomic mass is 16.5. The maximum Gasteiger partial charge on any atom is 0.233 e. The lowest BCUT2D eigenvalue weighted by atomic mass is 9.72. The molecule has 0 bridgehead atoms. The van der Waals surface area contributed by atoms with E-state index in [4.69, 9.17) is 9.47 Å². The lowest BCUT2D eigenvalue weighted by Gasteiger charge is -2.41. The lowest BCUT2D eigenvalue weighted by molar-refractivity contribution is -0.143. The third kappa shape index (κ3) is 4.51. The SMILES string of the molecule is Cc1cccc(C2(C(=O)N(Cc3ccccn3)CC3CCCO3)CCOCC2)c1. The van der Waals surface area contributed by atoms with Crippen molar-refractivity contribution < 1.29 is 14.3 Å². The van der Waals surface area contributed by atoms with E-state index in [1.54, 1.807) is 6.20 Å². The normalized spacial score (nSPS) is 21.1. The molecule has 0 spiro atoms. The number of amides is 1. The maximum atomic E-state index is 14.1. The van der Waals surface area contributed by atoms with E-state index in [9.17, 15) is 4.79 Å². The van der Waals surface area contributed by atoms with Crippen LogP contribution < -0.4 is 0 Å². The molecular formula is C24H30N2O3. The largest absolute Gasteiger partial charge is 0.381 e. The molecule has 2 aliphatic heterocycles. The second-order valence-electron chi connectivity index (χ2n) is 8.21. The Labute approximate surface area is 173 Å². The highest BCUT2D eigenvalue weighted by Crippen LogP contribution is 2.38. The summed E-state index contributed by atoms with van der Waals surface area (Å²) in [5.41, 5.74) is 2.64. The molecule has 1 aromatic carbocycles. The molecule has 29 heavy (non-hydrogen) atoms. The summed E-state index contributed by atoms with van der Waals surface area (Å²) >= 11 is 0. The van der Waals surface area contributed by atoms with E-state index in [2.05, 4.69) is 36.2 Å². The number of nitrogens with zero attached hydrogens (tertiary/aromatic N) is 2. The zero-order valence-corrected chi connectivity index (χ0v) is 17.2. The van der Waals surface area contributed by atoms with E-state index in [0.29, 0.717) is 39.1 Å². The molecule has 1 amide bonds. The van der Waals surface area contributed by atoms with E-state index in [1.807, 2.05) is 23.1 Å². The Morgan fingerprint density at radius 1 is 1.17 bits per heavy atom. The number of aromatic nitrogens is 1. The van der Waals surface area contributed by atoms with Gasteiger partial charge in [0, 0.05) is 32.6 Å². The van der Waals surface area contributed by atoms with Crippen LogP contribution in [0.2, 0.25) is 0 Å². The number of rotatable bonds is 6. The van der Waals surface area contributed by atoms with Crippen LogP contribution in [-0.2, 0) is 26.2 Å². The van der Waals surface area contributed by atoms with E-state index >= 15 is 0 Å². The molecule has 1 unspecified atom stereocenters. The minimum absolute atomic E-state index is 0.108. The summed E-state index contributed by atoms with van der Waals surface area (Å²) in [7, 11) is 0. The number of pyridine rings is 1. The second-order valence-corrected chi connectivity index (χ2v) is 8.21. The number of carbonyl (C=O) groups is 1. The highest BCUT2D eigenvalue weighted by Gasteiger charge is 2.44. The average molecular weight is 395 g/mol. The van der Waals surface area contributed by atoms with Crippen LogP contribution >= 0.6 is 0 Å². The standard InChI is InChI=1S/C24H30N2O3/c1-19-6-4-7-20(16-19)24(10-14-28-15-11-24)23(27)26(18-22-9-5-13-29-22)17-21-8-2-3-12-25-21/h2-4,6-8,12,16,22H,5,9-11,13-15,17-18H2,1H3. The Balaban J connectivity index is 1.67. The quantitative estimate of drug-likeness (QED) is 0.751. The molecule has 154 valence electrons. The molecule has 2 saturated heterocycles. The van der Waals surface area contributed by atoms with Gasteiger partial charge in [-0.05, 0) is 50.3 Å². The number of aryl methyl sites for hydroxylation is 1. The first-order valence-electron chi connectivity index (χ1n) is 10.6. The number of hydrogen-bond acceptors (Lipinski definition) is 4. The first-order valence-corrected chi connectivity index (χ1v) is 10.6. The van der Waals surface area contributed by atoms with Crippen molar-refractivity contribution in [3.8, 4) is 0 Å². The Morgan fingerprint density at radius 2 is 2.03 bits per heavy atom. The van der Waals surface area contributed by atoms with E-state index in [-0.39, 0.29) is 12.0 Å². The topological polar surface area (TPSA) is 51.7 Å². The van der Waals surface area contributed by atoms with Crippen LogP contribution in [0.25, 0.3) is 0 Å². The zero-order chi connectivity index (χ0) is 20.1. The number of ether oxygens (including phenoxy) is 2. The second kappa shape index (κ2) is 9.06. The Hall–Kier alpha value is -2.24. The maximum absolute atomic E-state index is 14.1. The summed E-state index contributed by atoms with van der Waals surface area (Å²) in [4.78, 5) is 20.6. The Morgan fingerprint density at radius 3 is 2.72 bits per heavy atom. The molecule has 1 atom stereocenters. The van der Waals surface area contributed by atoms with Gasteiger partial charge >= 0.3 is 0 Å². The number of hydrogen-bond donors (Lipinski definition) is 0. The summed E-state index contributed by atoms with van der Waals surface area (Å²) in [5, 5.41) is 0. The molecule has 2 aliphatic rings. The molecule has 0 radical (unpaired) electrons. The fourth-order valence-electron chi connectivity index (χ4n) is 4.53. The number of benzene rings is 1. The van der Waals surface area contributed by atoms with Gasteiger partial charge in [-0.25, -0.2) is 0 Å². The number of carbonyl (C=O) groups excluding carboxylic acids is 1. The molecule has 3 heterocycles. The summed E-state index contributed by atoms with van der Waals surface area (Å²) in [6.07, 6.45) is 5.38. The molecular weight excluding hydrogens is 364 g/mol. The summed E-state index contributed by atoms with van der Waals surface area (Å²) < 4.78 is 11.5. The third-order valence-corrected chi connectivity index (χ3v) is 6.14. The molecule has 2 aromatic rings. The highest BCUT2D eigenvalue weighted by molar-refractivity contribution is 5.88. The van der Waals surface area contributed by atoms with Crippen LogP contribution in [-0.4, -0.2) is 48.3 Å². The molecule has 2 fully saturated rings. The molecule has 1 aromatic heterocycles. The fraction of sp³-hybridized carbons (Fsp3) is 0.500. The van der Waals surface area contributed by atoms with Crippen LogP contribution in [0, 0.1) is 6.92 Å². The van der Waals surface area contributed by atoms with E-state index in [0.717, 1.165) is 30.7 Å². The average Bonchev–Trinajstić information content (AvgIpc) is 3.27. The van der Waals surface area contributed by atoms with Crippen molar-refractivity contribution in [3.05, 3.63) is 65.5 Å². The minimum atomic E-state index is -0.544. The van der Waals surface area contributed by atoms with Crippen molar-refractivity contribution in [1.29, 1.82) is 0 Å². The van der Waals surface area contributed by atoms with Gasteiger partial charge in [-0.3, -0.25) is 9.78 Å². The Bertz CT molecular complexity index is 812. The summed E-state index contributed by atoms with van der Waals surface area (Å²) in [6.45, 7) is 5.21. The van der Waals surface area contributed by atoms with Crippen LogP contribution in [0.3, 0.4) is 0 Å². The minimum Gasteiger partial charge on any atom is -0.381 e. The van der Waals surface area contributed by atoms with Crippen LogP contribution in [0.15, 0.2) is 48.7 Å². The van der Waals surface area contributed by atoms with Crippen molar-refractivity contribution in [2.75, 3.05) is 26.4 Å². The van der Waals surface area contributed by atoms with Gasteiger partial charge in [0.2, 0.25) is 5.91 Å². The van der Waals surface area contributed by atoms with Crippen LogP contribution in [0.1, 0.15) is 42.5 Å². The summed E-state index contributed by atoms with van der Waals surface area (Å²) in [6, 6.07) is 14.3. The van der Waals surface area contributed by atoms with E-state index < -0.39 is 5.41 Å². The van der Waals surface area contributed by atoms with Gasteiger partial charge in [0.25, 0.3) is 0 Å². The van der Waals surface area contributed by atoms with Crippen molar-refractivity contribution in [1.82, 2.24) is 9.88 Å². The van der Waals surface area contributed by atoms with Crippen molar-refractivity contribution in [3.63, 3.8) is 0 Å². The van der Waals surface area contributed by atoms with Crippen LogP contribution in [0.4, 0.5) is 0 Å². The van der Waals surface area contributed by atoms with Gasteiger partial charge in [-0.2, -0.15) is 0 Å². The molecule has 5 nitrogen and oxygen atoms in total. The van der Waals surface area contributed by atoms with Gasteiger partial charge < -0.3 is 14.4 Å². The predicted octanol–water partition coefficient (Wildman–Crippen LogP) is 3.65. The first kappa shape index (κ1) is 20.0. The predicted molar refractivity (Wildman–Crippen MR) is 112 cm³/mol. The fourth-order valence-corrected chi connectivity index (χ4v) is 4.53. The van der Waals surface area contributed by atoms with Crippen molar-refractivity contribution in [2.24, 2.45) is 0 Å². The molecule has 0 N–H and O–H groups in total. The van der Waals surface area contributed by atoms with Gasteiger partial charge in [0.15, 0.2) is 0 Å². The summed E-state index contributed by atoms with van der Waals surface area (Å²) in [5.74, 6) is 0.174. The smallest absolute Gasteiger partial charge is 0.233 e. The molecule has 4 rings (SSSR count). The molecule has 0 aliphatic carbocycles. The zero-order valence-electron chi connectivity index (χ0n) is 17.2. The van der Waals surface area contributed by atoms with Gasteiger partial charge in [0.05, 0.1) is 23.8 Å². The molecule has 5 heteroatoms. The van der Waals surface area contributed by atoms with Gasteiger partial charge in [0.1, 0.15) is 0 Å². The van der Waals surface area contributed by atoms with Crippen LogP contribution in [0.5, 0.6) is 0 Å². The lowest BCUT2D eigenvalue weighted by Crippen LogP contribution is -2.51. The van der Waals surface area contributed by atoms with E-state index in [1.165, 1.54) is 5.56 Å². The van der Waals surface area contributed by atoms with Gasteiger partial charge in [-0.15, -0.1) is 0 Å². The molecule has 0 saturated carbocycles. The van der Waals surface area contributed by atoms with Gasteiger partial charge in [-0.1, -0.05) is 35.9 Å². The first-order chi connectivity index (χ1) is 14.2. The monoisotopic (exact) mass is 394 g/mol. The Kier molecular flexibility index (Phi) is 6.26.